The molecule has 0 radical (unpaired) electrons. The standard InChI is InChI=1S/C24H21N5O/c1-29-11-7-16-5-6-17(12-22(16)29)20-13-19(14-21-23(20)26-10-9-25-21)28-15-18-4-3-8-27-24(18)30-2/h3-14,28H,15H2,1-2H3. The molecule has 0 saturated carbocycles. The van der Waals surface area contributed by atoms with Gasteiger partial charge in [0.2, 0.25) is 5.88 Å². The molecule has 0 spiro atoms. The largest absolute Gasteiger partial charge is 0.481 e. The van der Waals surface area contributed by atoms with Crippen LogP contribution in [0.25, 0.3) is 33.1 Å². The van der Waals surface area contributed by atoms with Crippen molar-refractivity contribution < 1.29 is 4.74 Å². The molecule has 0 bridgehead atoms. The van der Waals surface area contributed by atoms with E-state index in [2.05, 4.69) is 68.4 Å². The summed E-state index contributed by atoms with van der Waals surface area (Å²) >= 11 is 0. The zero-order valence-corrected chi connectivity index (χ0v) is 16.8. The number of nitrogens with one attached hydrogen (secondary N) is 1. The summed E-state index contributed by atoms with van der Waals surface area (Å²) in [4.78, 5) is 13.4. The van der Waals surface area contributed by atoms with E-state index in [0.717, 1.165) is 33.4 Å². The predicted molar refractivity (Wildman–Crippen MR) is 120 cm³/mol. The summed E-state index contributed by atoms with van der Waals surface area (Å²) in [5.74, 6) is 0.625. The third-order valence-corrected chi connectivity index (χ3v) is 5.30. The quantitative estimate of drug-likeness (QED) is 0.463. The first kappa shape index (κ1) is 18.1. The minimum Gasteiger partial charge on any atom is -0.481 e. The zero-order valence-electron chi connectivity index (χ0n) is 16.8. The van der Waals surface area contributed by atoms with Crippen LogP contribution >= 0.6 is 0 Å². The second-order valence-electron chi connectivity index (χ2n) is 7.17. The van der Waals surface area contributed by atoms with E-state index < -0.39 is 0 Å². The molecular weight excluding hydrogens is 374 g/mol. The summed E-state index contributed by atoms with van der Waals surface area (Å²) in [5, 5.41) is 4.71. The molecule has 0 saturated heterocycles. The predicted octanol–water partition coefficient (Wildman–Crippen LogP) is 4.80. The highest BCUT2D eigenvalue weighted by Gasteiger charge is 2.11. The summed E-state index contributed by atoms with van der Waals surface area (Å²) in [5.41, 5.74) is 7.03. The van der Waals surface area contributed by atoms with E-state index in [1.807, 2.05) is 18.2 Å². The first-order valence-electron chi connectivity index (χ1n) is 9.75. The second kappa shape index (κ2) is 7.48. The normalized spacial score (nSPS) is 11.1. The Labute approximate surface area is 174 Å². The number of ether oxygens (including phenoxy) is 1. The Balaban J connectivity index is 1.58. The summed E-state index contributed by atoms with van der Waals surface area (Å²) in [6.45, 7) is 0.596. The smallest absolute Gasteiger partial charge is 0.218 e. The van der Waals surface area contributed by atoms with Gasteiger partial charge in [-0.05, 0) is 41.3 Å². The maximum atomic E-state index is 5.37. The number of aromatic nitrogens is 4. The van der Waals surface area contributed by atoms with E-state index >= 15 is 0 Å². The van der Waals surface area contributed by atoms with Gasteiger partial charge in [-0.2, -0.15) is 0 Å². The van der Waals surface area contributed by atoms with E-state index in [9.17, 15) is 0 Å². The molecule has 1 N–H and O–H groups in total. The highest BCUT2D eigenvalue weighted by molar-refractivity contribution is 5.97. The lowest BCUT2D eigenvalue weighted by Crippen LogP contribution is -2.03. The fraction of sp³-hybridized carbons (Fsp3) is 0.125. The van der Waals surface area contributed by atoms with E-state index in [-0.39, 0.29) is 0 Å². The van der Waals surface area contributed by atoms with E-state index in [0.29, 0.717) is 12.4 Å². The molecule has 6 heteroatoms. The van der Waals surface area contributed by atoms with Crippen molar-refractivity contribution in [3.63, 3.8) is 0 Å². The zero-order chi connectivity index (χ0) is 20.5. The monoisotopic (exact) mass is 395 g/mol. The number of pyridine rings is 1. The molecule has 2 aromatic carbocycles. The van der Waals surface area contributed by atoms with Crippen molar-refractivity contribution in [2.45, 2.75) is 6.54 Å². The van der Waals surface area contributed by atoms with Crippen molar-refractivity contribution in [3.8, 4) is 17.0 Å². The van der Waals surface area contributed by atoms with Crippen LogP contribution in [-0.4, -0.2) is 26.6 Å². The van der Waals surface area contributed by atoms with Crippen LogP contribution < -0.4 is 10.1 Å². The molecule has 0 aliphatic rings. The number of methoxy groups -OCH3 is 1. The summed E-state index contributed by atoms with van der Waals surface area (Å²) in [6, 6.07) is 16.7. The molecule has 3 aromatic heterocycles. The maximum absolute atomic E-state index is 5.37. The van der Waals surface area contributed by atoms with Gasteiger partial charge in [0.1, 0.15) is 0 Å². The number of hydrogen-bond acceptors (Lipinski definition) is 5. The summed E-state index contributed by atoms with van der Waals surface area (Å²) < 4.78 is 7.49. The first-order valence-corrected chi connectivity index (χ1v) is 9.75. The number of benzene rings is 2. The van der Waals surface area contributed by atoms with Gasteiger partial charge in [-0.3, -0.25) is 9.97 Å². The van der Waals surface area contributed by atoms with Gasteiger partial charge < -0.3 is 14.6 Å². The Hall–Kier alpha value is -3.93. The van der Waals surface area contributed by atoms with Crippen molar-refractivity contribution in [1.82, 2.24) is 19.5 Å². The van der Waals surface area contributed by atoms with Crippen LogP contribution in [0.3, 0.4) is 0 Å². The van der Waals surface area contributed by atoms with E-state index in [4.69, 9.17) is 4.74 Å². The Kier molecular flexibility index (Phi) is 4.52. The molecule has 3 heterocycles. The molecule has 5 aromatic rings. The van der Waals surface area contributed by atoms with Crippen LogP contribution in [0.15, 0.2) is 73.3 Å². The molecule has 148 valence electrons. The lowest BCUT2D eigenvalue weighted by atomic mass is 10.0. The SMILES string of the molecule is COc1ncccc1CNc1cc(-c2ccc3ccn(C)c3c2)c2nccnc2c1. The van der Waals surface area contributed by atoms with Crippen molar-refractivity contribution in [3.05, 3.63) is 78.9 Å². The van der Waals surface area contributed by atoms with Crippen molar-refractivity contribution >= 4 is 27.6 Å². The fourth-order valence-electron chi connectivity index (χ4n) is 3.77. The highest BCUT2D eigenvalue weighted by Crippen LogP contribution is 2.32. The minimum absolute atomic E-state index is 0.596. The van der Waals surface area contributed by atoms with Gasteiger partial charge in [0.15, 0.2) is 0 Å². The van der Waals surface area contributed by atoms with E-state index in [1.165, 1.54) is 10.9 Å². The van der Waals surface area contributed by atoms with Crippen LogP contribution in [0.2, 0.25) is 0 Å². The Bertz CT molecular complexity index is 1360. The van der Waals surface area contributed by atoms with Gasteiger partial charge in [-0.15, -0.1) is 0 Å². The topological polar surface area (TPSA) is 64.9 Å². The average molecular weight is 395 g/mol. The second-order valence-corrected chi connectivity index (χ2v) is 7.17. The lowest BCUT2D eigenvalue weighted by molar-refractivity contribution is 0.393. The van der Waals surface area contributed by atoms with Crippen LogP contribution in [0.1, 0.15) is 5.56 Å². The third-order valence-electron chi connectivity index (χ3n) is 5.30. The number of fused-ring (bicyclic) bond motifs is 2. The molecule has 6 nitrogen and oxygen atoms in total. The Morgan fingerprint density at radius 2 is 1.87 bits per heavy atom. The van der Waals surface area contributed by atoms with Crippen LogP contribution in [0.5, 0.6) is 5.88 Å². The van der Waals surface area contributed by atoms with Crippen LogP contribution in [0, 0.1) is 0 Å². The van der Waals surface area contributed by atoms with Gasteiger partial charge in [0, 0.05) is 60.7 Å². The third kappa shape index (κ3) is 3.22. The van der Waals surface area contributed by atoms with Crippen molar-refractivity contribution in [2.75, 3.05) is 12.4 Å². The molecule has 0 aliphatic heterocycles. The molecule has 0 atom stereocenters. The lowest BCUT2D eigenvalue weighted by Gasteiger charge is -2.13. The summed E-state index contributed by atoms with van der Waals surface area (Å²) in [6.07, 6.45) is 7.26. The first-order chi connectivity index (χ1) is 14.7. The minimum atomic E-state index is 0.596. The van der Waals surface area contributed by atoms with Crippen molar-refractivity contribution in [2.24, 2.45) is 7.05 Å². The molecule has 0 aliphatic carbocycles. The summed E-state index contributed by atoms with van der Waals surface area (Å²) in [7, 11) is 3.69. The van der Waals surface area contributed by atoms with Gasteiger partial charge >= 0.3 is 0 Å². The van der Waals surface area contributed by atoms with Gasteiger partial charge in [0.05, 0.1) is 18.1 Å². The number of anilines is 1. The maximum Gasteiger partial charge on any atom is 0.218 e. The number of rotatable bonds is 5. The van der Waals surface area contributed by atoms with Crippen molar-refractivity contribution in [1.29, 1.82) is 0 Å². The Morgan fingerprint density at radius 3 is 2.77 bits per heavy atom. The molecule has 5 rings (SSSR count). The molecule has 0 unspecified atom stereocenters. The number of hydrogen-bond donors (Lipinski definition) is 1. The molecule has 30 heavy (non-hydrogen) atoms. The van der Waals surface area contributed by atoms with Gasteiger partial charge in [-0.25, -0.2) is 4.98 Å². The van der Waals surface area contributed by atoms with E-state index in [1.54, 1.807) is 25.7 Å². The van der Waals surface area contributed by atoms with Crippen LogP contribution in [-0.2, 0) is 13.6 Å². The average Bonchev–Trinajstić information content (AvgIpc) is 3.17. The highest BCUT2D eigenvalue weighted by atomic mass is 16.5. The Morgan fingerprint density at radius 1 is 0.967 bits per heavy atom. The molecular formula is C24H21N5O. The van der Waals surface area contributed by atoms with Crippen LogP contribution in [0.4, 0.5) is 5.69 Å². The number of aryl methyl sites for hydroxylation is 1. The van der Waals surface area contributed by atoms with Gasteiger partial charge in [0.25, 0.3) is 0 Å². The van der Waals surface area contributed by atoms with Gasteiger partial charge in [-0.1, -0.05) is 18.2 Å². The fourth-order valence-corrected chi connectivity index (χ4v) is 3.77. The molecule has 0 fully saturated rings. The molecule has 0 amide bonds. The number of nitrogens with zero attached hydrogens (tertiary/aromatic N) is 4.